The highest BCUT2D eigenvalue weighted by molar-refractivity contribution is 7.15. The summed E-state index contributed by atoms with van der Waals surface area (Å²) in [4.78, 5) is 36.6. The Bertz CT molecular complexity index is 1310. The van der Waals surface area contributed by atoms with E-state index >= 15 is 0 Å². The number of methoxy groups -OCH3 is 1. The van der Waals surface area contributed by atoms with Crippen LogP contribution < -0.4 is 16.0 Å². The first kappa shape index (κ1) is 31.0. The van der Waals surface area contributed by atoms with Gasteiger partial charge in [0.2, 0.25) is 0 Å². The normalized spacial score (nSPS) is 11.5. The molecule has 0 saturated heterocycles. The average Bonchev–Trinajstić information content (AvgIpc) is 3.37. The molecule has 2 amide bonds. The largest absolute Gasteiger partial charge is 0.465 e. The van der Waals surface area contributed by atoms with Crippen LogP contribution in [0.5, 0.6) is 0 Å². The van der Waals surface area contributed by atoms with E-state index < -0.39 is 23.9 Å². The Morgan fingerprint density at radius 1 is 1.05 bits per heavy atom. The number of anilines is 1. The Morgan fingerprint density at radius 2 is 1.77 bits per heavy atom. The molecule has 0 spiro atoms. The van der Waals surface area contributed by atoms with Crippen LogP contribution in [-0.4, -0.2) is 46.6 Å². The van der Waals surface area contributed by atoms with Crippen LogP contribution in [0.25, 0.3) is 21.7 Å². The quantitative estimate of drug-likeness (QED) is 0.217. The summed E-state index contributed by atoms with van der Waals surface area (Å²) in [5.41, 5.74) is 0.300. The molecule has 0 radical (unpaired) electrons. The van der Waals surface area contributed by atoms with Crippen molar-refractivity contribution in [3.05, 3.63) is 46.9 Å². The Hall–Kier alpha value is -3.58. The lowest BCUT2D eigenvalue weighted by atomic mass is 10.0. The van der Waals surface area contributed by atoms with Crippen molar-refractivity contribution in [3.8, 4) is 21.7 Å². The SMILES string of the molecule is CCCC(CCC)NCc1sc(-c2cc(NC(=O)NCC)ncc2-c2cncc(C(=O)OC)c2)nc1C(F)(F)F. The molecule has 40 heavy (non-hydrogen) atoms. The molecule has 0 fully saturated rings. The molecule has 0 unspecified atom stereocenters. The number of carbonyl (C=O) groups excluding carboxylic acids is 2. The van der Waals surface area contributed by atoms with Gasteiger partial charge >= 0.3 is 18.2 Å². The van der Waals surface area contributed by atoms with E-state index in [2.05, 4.69) is 30.9 Å². The number of nitrogens with one attached hydrogen (secondary N) is 3. The maximum absolute atomic E-state index is 14.1. The summed E-state index contributed by atoms with van der Waals surface area (Å²) in [6, 6.07) is 2.55. The number of esters is 1. The van der Waals surface area contributed by atoms with Gasteiger partial charge in [0.15, 0.2) is 5.69 Å². The van der Waals surface area contributed by atoms with Gasteiger partial charge in [-0.25, -0.2) is 19.6 Å². The van der Waals surface area contributed by atoms with Crippen LogP contribution >= 0.6 is 11.3 Å². The van der Waals surface area contributed by atoms with Crippen LogP contribution in [0.15, 0.2) is 30.7 Å². The summed E-state index contributed by atoms with van der Waals surface area (Å²) in [5.74, 6) is -0.495. The van der Waals surface area contributed by atoms with Crippen molar-refractivity contribution in [2.45, 2.75) is 65.2 Å². The minimum atomic E-state index is -4.67. The number of hydrogen-bond donors (Lipinski definition) is 3. The molecular formula is C27H33F3N6O3S. The molecule has 0 aliphatic carbocycles. The first-order valence-corrected chi connectivity index (χ1v) is 13.8. The third-order valence-corrected chi connectivity index (χ3v) is 7.06. The van der Waals surface area contributed by atoms with Crippen LogP contribution in [-0.2, 0) is 17.5 Å². The standard InChI is InChI=1S/C27H33F3N6O3S/c1-5-8-18(9-6-2)33-15-21-23(27(28,29)30)36-24(40-21)19-11-22(35-26(38)32-7-3)34-14-20(19)16-10-17(13-31-12-16)25(37)39-4/h10-14,18,33H,5-9,15H2,1-4H3,(H2,32,34,35,38). The predicted molar refractivity (Wildman–Crippen MR) is 148 cm³/mol. The van der Waals surface area contributed by atoms with Crippen molar-refractivity contribution in [1.29, 1.82) is 0 Å². The van der Waals surface area contributed by atoms with Crippen molar-refractivity contribution in [2.75, 3.05) is 19.0 Å². The van der Waals surface area contributed by atoms with Crippen LogP contribution in [0.3, 0.4) is 0 Å². The zero-order valence-electron chi connectivity index (χ0n) is 22.8. The molecule has 3 heterocycles. The van der Waals surface area contributed by atoms with E-state index in [4.69, 9.17) is 4.74 Å². The first-order valence-electron chi connectivity index (χ1n) is 13.0. The highest BCUT2D eigenvalue weighted by Crippen LogP contribution is 2.41. The lowest BCUT2D eigenvalue weighted by Gasteiger charge is -2.17. The molecule has 0 bridgehead atoms. The van der Waals surface area contributed by atoms with E-state index in [-0.39, 0.29) is 33.9 Å². The van der Waals surface area contributed by atoms with Crippen molar-refractivity contribution in [3.63, 3.8) is 0 Å². The number of halogens is 3. The maximum atomic E-state index is 14.1. The smallest absolute Gasteiger partial charge is 0.434 e. The average molecular weight is 579 g/mol. The molecular weight excluding hydrogens is 545 g/mol. The minimum absolute atomic E-state index is 0.0149. The Labute approximate surface area is 235 Å². The predicted octanol–water partition coefficient (Wildman–Crippen LogP) is 6.27. The van der Waals surface area contributed by atoms with Crippen LogP contribution in [0.2, 0.25) is 0 Å². The fourth-order valence-corrected chi connectivity index (χ4v) is 5.22. The van der Waals surface area contributed by atoms with Crippen LogP contribution in [0, 0.1) is 0 Å². The Kier molecular flexibility index (Phi) is 11.0. The summed E-state index contributed by atoms with van der Waals surface area (Å²) in [5, 5.41) is 8.53. The monoisotopic (exact) mass is 578 g/mol. The molecule has 0 saturated carbocycles. The number of rotatable bonds is 12. The summed E-state index contributed by atoms with van der Waals surface area (Å²) >= 11 is 0.918. The second-order valence-electron chi connectivity index (χ2n) is 9.00. The van der Waals surface area contributed by atoms with Crippen molar-refractivity contribution >= 4 is 29.2 Å². The number of thiazole rings is 1. The van der Waals surface area contributed by atoms with Gasteiger partial charge in [0.1, 0.15) is 10.8 Å². The van der Waals surface area contributed by atoms with Gasteiger partial charge in [-0.2, -0.15) is 13.2 Å². The van der Waals surface area contributed by atoms with Crippen LogP contribution in [0.1, 0.15) is 67.4 Å². The van der Waals surface area contributed by atoms with Gasteiger partial charge in [0, 0.05) is 54.4 Å². The summed E-state index contributed by atoms with van der Waals surface area (Å²) in [7, 11) is 1.24. The number of nitrogens with zero attached hydrogens (tertiary/aromatic N) is 3. The van der Waals surface area contributed by atoms with Gasteiger partial charge in [0.05, 0.1) is 17.6 Å². The first-order chi connectivity index (χ1) is 19.1. The Balaban J connectivity index is 2.12. The number of urea groups is 1. The topological polar surface area (TPSA) is 118 Å². The number of alkyl halides is 3. The van der Waals surface area contributed by atoms with Gasteiger partial charge in [-0.05, 0) is 31.9 Å². The van der Waals surface area contributed by atoms with Gasteiger partial charge in [-0.15, -0.1) is 11.3 Å². The fourth-order valence-electron chi connectivity index (χ4n) is 4.16. The number of hydrogen-bond acceptors (Lipinski definition) is 8. The molecule has 0 aromatic carbocycles. The molecule has 3 N–H and O–H groups in total. The molecule has 0 aliphatic rings. The van der Waals surface area contributed by atoms with Crippen LogP contribution in [0.4, 0.5) is 23.8 Å². The van der Waals surface area contributed by atoms with Gasteiger partial charge in [-0.1, -0.05) is 26.7 Å². The Morgan fingerprint density at radius 3 is 2.40 bits per heavy atom. The summed E-state index contributed by atoms with van der Waals surface area (Å²) in [6.07, 6.45) is 3.06. The molecule has 0 aliphatic heterocycles. The minimum Gasteiger partial charge on any atom is -0.465 e. The van der Waals surface area contributed by atoms with E-state index in [1.54, 1.807) is 6.92 Å². The molecule has 9 nitrogen and oxygen atoms in total. The van der Waals surface area contributed by atoms with E-state index in [0.29, 0.717) is 23.2 Å². The second kappa shape index (κ2) is 14.2. The highest BCUT2D eigenvalue weighted by Gasteiger charge is 2.38. The lowest BCUT2D eigenvalue weighted by molar-refractivity contribution is -0.141. The number of carbonyl (C=O) groups is 2. The van der Waals surface area contributed by atoms with Gasteiger partial charge in [0.25, 0.3) is 0 Å². The maximum Gasteiger partial charge on any atom is 0.434 e. The lowest BCUT2D eigenvalue weighted by Crippen LogP contribution is -2.28. The van der Waals surface area contributed by atoms with E-state index in [1.807, 2.05) is 13.8 Å². The van der Waals surface area contributed by atoms with Crippen molar-refractivity contribution < 1.29 is 27.5 Å². The van der Waals surface area contributed by atoms with E-state index in [1.165, 1.54) is 37.8 Å². The molecule has 0 atom stereocenters. The molecule has 3 aromatic heterocycles. The summed E-state index contributed by atoms with van der Waals surface area (Å²) < 4.78 is 47.1. The third kappa shape index (κ3) is 7.98. The number of amides is 2. The van der Waals surface area contributed by atoms with Gasteiger partial charge in [-0.3, -0.25) is 10.3 Å². The number of ether oxygens (including phenoxy) is 1. The van der Waals surface area contributed by atoms with Crippen molar-refractivity contribution in [2.24, 2.45) is 0 Å². The van der Waals surface area contributed by atoms with Gasteiger partial charge < -0.3 is 15.4 Å². The summed E-state index contributed by atoms with van der Waals surface area (Å²) in [6.45, 7) is 6.21. The van der Waals surface area contributed by atoms with E-state index in [9.17, 15) is 22.8 Å². The van der Waals surface area contributed by atoms with E-state index in [0.717, 1.165) is 37.0 Å². The highest BCUT2D eigenvalue weighted by atomic mass is 32.1. The zero-order chi connectivity index (χ0) is 29.3. The fraction of sp³-hybridized carbons (Fsp3) is 0.444. The molecule has 3 rings (SSSR count). The molecule has 3 aromatic rings. The molecule has 13 heteroatoms. The van der Waals surface area contributed by atoms with Crippen molar-refractivity contribution in [1.82, 2.24) is 25.6 Å². The number of pyridine rings is 2. The third-order valence-electron chi connectivity index (χ3n) is 5.98. The zero-order valence-corrected chi connectivity index (χ0v) is 23.6. The molecule has 216 valence electrons. The second-order valence-corrected chi connectivity index (χ2v) is 10.1. The number of aromatic nitrogens is 3.